The Bertz CT molecular complexity index is 219. The van der Waals surface area contributed by atoms with Gasteiger partial charge in [-0.2, -0.15) is 0 Å². The minimum absolute atomic E-state index is 0.809. The van der Waals surface area contributed by atoms with E-state index in [1.807, 2.05) is 7.11 Å². The molecule has 0 saturated heterocycles. The van der Waals surface area contributed by atoms with Gasteiger partial charge in [-0.15, -0.1) is 0 Å². The van der Waals surface area contributed by atoms with E-state index in [9.17, 15) is 0 Å². The van der Waals surface area contributed by atoms with E-state index in [1.54, 1.807) is 0 Å². The molecule has 1 saturated carbocycles. The molecule has 1 fully saturated rings. The summed E-state index contributed by atoms with van der Waals surface area (Å²) >= 11 is 0. The van der Waals surface area contributed by atoms with Crippen molar-refractivity contribution in [2.24, 2.45) is 23.7 Å². The lowest BCUT2D eigenvalue weighted by Gasteiger charge is -2.40. The van der Waals surface area contributed by atoms with Crippen LogP contribution in [0.1, 0.15) is 59.3 Å². The van der Waals surface area contributed by atoms with Gasteiger partial charge in [0.25, 0.3) is 0 Å². The van der Waals surface area contributed by atoms with Crippen LogP contribution in [0.25, 0.3) is 0 Å². The zero-order valence-electron chi connectivity index (χ0n) is 13.6. The third kappa shape index (κ3) is 5.83. The van der Waals surface area contributed by atoms with Gasteiger partial charge in [0, 0.05) is 13.7 Å². The third-order valence-electron chi connectivity index (χ3n) is 5.02. The molecule has 2 heteroatoms. The molecule has 114 valence electrons. The maximum absolute atomic E-state index is 5.28. The van der Waals surface area contributed by atoms with Gasteiger partial charge in [-0.1, -0.05) is 40.0 Å². The number of methoxy groups -OCH3 is 1. The molecule has 2 nitrogen and oxygen atoms in total. The molecule has 19 heavy (non-hydrogen) atoms. The first kappa shape index (κ1) is 17.0. The predicted octanol–water partition coefficient (Wildman–Crippen LogP) is 4.10. The Morgan fingerprint density at radius 3 is 2.68 bits per heavy atom. The fourth-order valence-electron chi connectivity index (χ4n) is 3.83. The maximum atomic E-state index is 5.28. The second kappa shape index (κ2) is 9.77. The summed E-state index contributed by atoms with van der Waals surface area (Å²) in [6.07, 6.45) is 8.34. The van der Waals surface area contributed by atoms with Gasteiger partial charge >= 0.3 is 0 Å². The van der Waals surface area contributed by atoms with Crippen molar-refractivity contribution in [3.63, 3.8) is 0 Å². The van der Waals surface area contributed by atoms with Crippen LogP contribution in [0.3, 0.4) is 0 Å². The lowest BCUT2D eigenvalue weighted by Crippen LogP contribution is -2.36. The topological polar surface area (TPSA) is 21.3 Å². The Balaban J connectivity index is 2.53. The smallest absolute Gasteiger partial charge is 0.0464 e. The number of hydrogen-bond donors (Lipinski definition) is 1. The molecule has 1 N–H and O–H groups in total. The average molecular weight is 269 g/mol. The van der Waals surface area contributed by atoms with E-state index in [4.69, 9.17) is 4.74 Å². The molecular weight excluding hydrogens is 234 g/mol. The van der Waals surface area contributed by atoms with Crippen molar-refractivity contribution in [3.8, 4) is 0 Å². The van der Waals surface area contributed by atoms with Gasteiger partial charge in [-0.05, 0) is 56.0 Å². The minimum Gasteiger partial charge on any atom is -0.385 e. The molecule has 1 aliphatic carbocycles. The van der Waals surface area contributed by atoms with Gasteiger partial charge in [0.15, 0.2) is 0 Å². The fourth-order valence-corrected chi connectivity index (χ4v) is 3.83. The SMILES string of the molecule is CCCC1CCC(CNCC)C(C(C)CCOC)C1. The van der Waals surface area contributed by atoms with E-state index in [0.717, 1.165) is 36.8 Å². The van der Waals surface area contributed by atoms with E-state index < -0.39 is 0 Å². The predicted molar refractivity (Wildman–Crippen MR) is 83.4 cm³/mol. The Kier molecular flexibility index (Phi) is 8.72. The molecule has 0 spiro atoms. The lowest BCUT2D eigenvalue weighted by atomic mass is 9.67. The zero-order chi connectivity index (χ0) is 14.1. The second-order valence-electron chi connectivity index (χ2n) is 6.46. The van der Waals surface area contributed by atoms with Crippen molar-refractivity contribution < 1.29 is 4.74 Å². The van der Waals surface area contributed by atoms with Crippen LogP contribution >= 0.6 is 0 Å². The van der Waals surface area contributed by atoms with Gasteiger partial charge in [-0.25, -0.2) is 0 Å². The van der Waals surface area contributed by atoms with Gasteiger partial charge in [-0.3, -0.25) is 0 Å². The molecule has 4 atom stereocenters. The summed E-state index contributed by atoms with van der Waals surface area (Å²) in [5, 5.41) is 3.57. The van der Waals surface area contributed by atoms with Crippen molar-refractivity contribution in [2.75, 3.05) is 26.8 Å². The summed E-state index contributed by atoms with van der Waals surface area (Å²) in [5.41, 5.74) is 0. The van der Waals surface area contributed by atoms with Gasteiger partial charge in [0.2, 0.25) is 0 Å². The van der Waals surface area contributed by atoms with Crippen LogP contribution in [0.4, 0.5) is 0 Å². The average Bonchev–Trinajstić information content (AvgIpc) is 2.43. The van der Waals surface area contributed by atoms with Gasteiger partial charge in [0.05, 0.1) is 0 Å². The molecule has 0 aliphatic heterocycles. The molecule has 0 aromatic heterocycles. The highest BCUT2D eigenvalue weighted by Crippen LogP contribution is 2.40. The first-order valence-corrected chi connectivity index (χ1v) is 8.42. The molecule has 0 heterocycles. The largest absolute Gasteiger partial charge is 0.385 e. The lowest BCUT2D eigenvalue weighted by molar-refractivity contribution is 0.0944. The summed E-state index contributed by atoms with van der Waals surface area (Å²) in [6.45, 7) is 10.2. The molecule has 4 unspecified atom stereocenters. The van der Waals surface area contributed by atoms with Crippen molar-refractivity contribution in [1.82, 2.24) is 5.32 Å². The van der Waals surface area contributed by atoms with E-state index >= 15 is 0 Å². The molecule has 1 rings (SSSR count). The van der Waals surface area contributed by atoms with Crippen LogP contribution < -0.4 is 5.32 Å². The van der Waals surface area contributed by atoms with E-state index in [2.05, 4.69) is 26.1 Å². The summed E-state index contributed by atoms with van der Waals surface area (Å²) in [7, 11) is 1.82. The Labute approximate surface area is 120 Å². The van der Waals surface area contributed by atoms with Gasteiger partial charge < -0.3 is 10.1 Å². The summed E-state index contributed by atoms with van der Waals surface area (Å²) in [5.74, 6) is 3.58. The van der Waals surface area contributed by atoms with Crippen molar-refractivity contribution in [1.29, 1.82) is 0 Å². The third-order valence-corrected chi connectivity index (χ3v) is 5.02. The zero-order valence-corrected chi connectivity index (χ0v) is 13.6. The first-order valence-electron chi connectivity index (χ1n) is 8.42. The standard InChI is InChI=1S/C17H35NO/c1-5-7-15-8-9-16(13-18-6-2)17(12-15)14(3)10-11-19-4/h14-18H,5-13H2,1-4H3. The first-order chi connectivity index (χ1) is 9.22. The molecule has 0 amide bonds. The van der Waals surface area contributed by atoms with E-state index in [0.29, 0.717) is 0 Å². The monoisotopic (exact) mass is 269 g/mol. The number of nitrogens with one attached hydrogen (secondary N) is 1. The van der Waals surface area contributed by atoms with Gasteiger partial charge in [0.1, 0.15) is 0 Å². The van der Waals surface area contributed by atoms with Crippen molar-refractivity contribution in [2.45, 2.75) is 59.3 Å². The Morgan fingerprint density at radius 1 is 1.26 bits per heavy atom. The minimum atomic E-state index is 0.809. The summed E-state index contributed by atoms with van der Waals surface area (Å²) < 4.78 is 5.28. The number of ether oxygens (including phenoxy) is 1. The Hall–Kier alpha value is -0.0800. The van der Waals surface area contributed by atoms with Crippen LogP contribution in [-0.4, -0.2) is 26.8 Å². The van der Waals surface area contributed by atoms with Crippen LogP contribution in [0.2, 0.25) is 0 Å². The highest BCUT2D eigenvalue weighted by Gasteiger charge is 2.32. The molecule has 0 aromatic carbocycles. The van der Waals surface area contributed by atoms with Crippen molar-refractivity contribution >= 4 is 0 Å². The molecular formula is C17H35NO. The highest BCUT2D eigenvalue weighted by molar-refractivity contribution is 4.84. The van der Waals surface area contributed by atoms with Crippen LogP contribution in [-0.2, 0) is 4.74 Å². The van der Waals surface area contributed by atoms with E-state index in [1.165, 1.54) is 45.1 Å². The molecule has 1 aliphatic rings. The fraction of sp³-hybridized carbons (Fsp3) is 1.00. The summed E-state index contributed by atoms with van der Waals surface area (Å²) in [4.78, 5) is 0. The summed E-state index contributed by atoms with van der Waals surface area (Å²) in [6, 6.07) is 0. The second-order valence-corrected chi connectivity index (χ2v) is 6.46. The Morgan fingerprint density at radius 2 is 2.05 bits per heavy atom. The maximum Gasteiger partial charge on any atom is 0.0464 e. The van der Waals surface area contributed by atoms with Crippen molar-refractivity contribution in [3.05, 3.63) is 0 Å². The number of hydrogen-bond acceptors (Lipinski definition) is 2. The normalized spacial score (nSPS) is 29.4. The van der Waals surface area contributed by atoms with Crippen LogP contribution in [0, 0.1) is 23.7 Å². The van der Waals surface area contributed by atoms with Crippen LogP contribution in [0.5, 0.6) is 0 Å². The molecule has 0 aromatic rings. The van der Waals surface area contributed by atoms with Crippen LogP contribution in [0.15, 0.2) is 0 Å². The molecule has 0 bridgehead atoms. The molecule has 0 radical (unpaired) electrons. The quantitative estimate of drug-likeness (QED) is 0.680. The van der Waals surface area contributed by atoms with E-state index in [-0.39, 0.29) is 0 Å². The highest BCUT2D eigenvalue weighted by atomic mass is 16.5. The number of rotatable bonds is 9.